The third-order valence-corrected chi connectivity index (χ3v) is 6.73. The summed E-state index contributed by atoms with van der Waals surface area (Å²) in [4.78, 5) is 39.1. The van der Waals surface area contributed by atoms with Gasteiger partial charge in [-0.05, 0) is 36.1 Å². The Morgan fingerprint density at radius 1 is 1.36 bits per heavy atom. The van der Waals surface area contributed by atoms with Crippen LogP contribution in [0.2, 0.25) is 0 Å². The molecular weight excluding hydrogens is 398 g/mol. The fraction of sp³-hybridized carbons (Fsp3) is 0.389. The van der Waals surface area contributed by atoms with Gasteiger partial charge in [-0.25, -0.2) is 4.79 Å². The molecule has 10 heteroatoms. The van der Waals surface area contributed by atoms with Crippen LogP contribution in [0.15, 0.2) is 28.6 Å². The third kappa shape index (κ3) is 3.26. The maximum Gasteiger partial charge on any atom is 0.325 e. The number of carbonyl (C=O) groups is 3. The Morgan fingerprint density at radius 3 is 3.00 bits per heavy atom. The van der Waals surface area contributed by atoms with Gasteiger partial charge in [0.15, 0.2) is 4.34 Å². The first-order chi connectivity index (χ1) is 13.5. The zero-order chi connectivity index (χ0) is 19.7. The van der Waals surface area contributed by atoms with E-state index in [0.29, 0.717) is 11.6 Å². The molecule has 2 heterocycles. The minimum absolute atomic E-state index is 0.353. The molecule has 4 amide bonds. The van der Waals surface area contributed by atoms with Crippen molar-refractivity contribution in [2.45, 2.75) is 36.1 Å². The van der Waals surface area contributed by atoms with Gasteiger partial charge in [0, 0.05) is 0 Å². The van der Waals surface area contributed by atoms with Gasteiger partial charge in [0.25, 0.3) is 5.91 Å². The predicted molar refractivity (Wildman–Crippen MR) is 106 cm³/mol. The summed E-state index contributed by atoms with van der Waals surface area (Å²) in [6, 6.07) is 7.10. The van der Waals surface area contributed by atoms with Gasteiger partial charge >= 0.3 is 6.03 Å². The summed E-state index contributed by atoms with van der Waals surface area (Å²) in [6.45, 7) is 1.64. The van der Waals surface area contributed by atoms with Crippen LogP contribution in [0, 0.1) is 0 Å². The Morgan fingerprint density at radius 2 is 2.18 bits per heavy atom. The molecule has 2 aliphatic rings. The van der Waals surface area contributed by atoms with Crippen LogP contribution < -0.4 is 10.6 Å². The van der Waals surface area contributed by atoms with E-state index in [1.54, 1.807) is 0 Å². The first-order valence-corrected chi connectivity index (χ1v) is 10.8. The van der Waals surface area contributed by atoms with E-state index in [-0.39, 0.29) is 12.5 Å². The molecule has 1 aromatic heterocycles. The van der Waals surface area contributed by atoms with E-state index in [1.807, 2.05) is 31.2 Å². The van der Waals surface area contributed by atoms with Crippen LogP contribution in [-0.4, -0.2) is 45.2 Å². The van der Waals surface area contributed by atoms with E-state index in [1.165, 1.54) is 23.1 Å². The van der Waals surface area contributed by atoms with Crippen LogP contribution in [0.1, 0.15) is 30.9 Å². The second-order valence-corrected chi connectivity index (χ2v) is 9.08. The second kappa shape index (κ2) is 7.51. The van der Waals surface area contributed by atoms with Crippen LogP contribution in [0.25, 0.3) is 0 Å². The van der Waals surface area contributed by atoms with Gasteiger partial charge in [0.2, 0.25) is 11.0 Å². The smallest absolute Gasteiger partial charge is 0.319 e. The van der Waals surface area contributed by atoms with Crippen LogP contribution >= 0.6 is 23.1 Å². The first-order valence-electron chi connectivity index (χ1n) is 9.02. The summed E-state index contributed by atoms with van der Waals surface area (Å²) in [5, 5.41) is 13.7. The molecule has 2 aromatic rings. The van der Waals surface area contributed by atoms with Gasteiger partial charge < -0.3 is 5.32 Å². The highest BCUT2D eigenvalue weighted by molar-refractivity contribution is 8.01. The molecule has 0 bridgehead atoms. The number of rotatable bonds is 5. The highest BCUT2D eigenvalue weighted by Crippen LogP contribution is 2.39. The van der Waals surface area contributed by atoms with Gasteiger partial charge in [-0.1, -0.05) is 54.3 Å². The number of hydrogen-bond acceptors (Lipinski definition) is 7. The van der Waals surface area contributed by atoms with Gasteiger partial charge in [0.05, 0.1) is 0 Å². The number of carbonyl (C=O) groups excluding carboxylic acids is 3. The zero-order valence-electron chi connectivity index (χ0n) is 15.2. The molecule has 0 radical (unpaired) electrons. The Kier molecular flexibility index (Phi) is 5.07. The number of fused-ring (bicyclic) bond motifs is 2. The Balaban J connectivity index is 1.50. The highest BCUT2D eigenvalue weighted by atomic mass is 32.2. The van der Waals surface area contributed by atoms with Crippen molar-refractivity contribution >= 4 is 46.1 Å². The second-order valence-electron chi connectivity index (χ2n) is 6.59. The van der Waals surface area contributed by atoms with Gasteiger partial charge in [0.1, 0.15) is 12.1 Å². The van der Waals surface area contributed by atoms with Crippen LogP contribution in [0.3, 0.4) is 0 Å². The van der Waals surface area contributed by atoms with E-state index in [0.717, 1.165) is 39.0 Å². The Hall–Kier alpha value is -2.46. The highest BCUT2D eigenvalue weighted by Gasteiger charge is 2.54. The molecule has 0 saturated carbocycles. The number of anilines is 1. The Bertz CT molecular complexity index is 947. The van der Waals surface area contributed by atoms with Crippen LogP contribution in [0.5, 0.6) is 0 Å². The van der Waals surface area contributed by atoms with E-state index < -0.39 is 17.5 Å². The summed E-state index contributed by atoms with van der Waals surface area (Å²) in [7, 11) is 0. The molecule has 1 atom stereocenters. The molecule has 1 aromatic carbocycles. The maximum atomic E-state index is 13.2. The average molecular weight is 418 g/mol. The van der Waals surface area contributed by atoms with Crippen molar-refractivity contribution in [1.29, 1.82) is 0 Å². The topological polar surface area (TPSA) is 104 Å². The number of hydrogen-bond donors (Lipinski definition) is 2. The molecule has 8 nitrogen and oxygen atoms in total. The molecule has 1 saturated heterocycles. The van der Waals surface area contributed by atoms with Gasteiger partial charge in [-0.2, -0.15) is 0 Å². The lowest BCUT2D eigenvalue weighted by molar-refractivity contribution is -0.134. The van der Waals surface area contributed by atoms with E-state index in [9.17, 15) is 14.4 Å². The summed E-state index contributed by atoms with van der Waals surface area (Å²) >= 11 is 2.79. The molecule has 146 valence electrons. The summed E-state index contributed by atoms with van der Waals surface area (Å²) in [5.74, 6) is 0.00216. The molecule has 0 unspecified atom stereocenters. The molecule has 1 aliphatic heterocycles. The van der Waals surface area contributed by atoms with Gasteiger partial charge in [-0.3, -0.25) is 19.8 Å². The molecule has 1 fully saturated rings. The number of amides is 4. The molecular formula is C18H19N5O3S2. The lowest BCUT2D eigenvalue weighted by Gasteiger charge is -2.33. The van der Waals surface area contributed by atoms with Crippen molar-refractivity contribution in [2.24, 2.45) is 0 Å². The minimum Gasteiger partial charge on any atom is -0.319 e. The number of thioether (sulfide) groups is 1. The van der Waals surface area contributed by atoms with E-state index >= 15 is 0 Å². The largest absolute Gasteiger partial charge is 0.325 e. The fourth-order valence-corrected chi connectivity index (χ4v) is 5.36. The number of urea groups is 1. The number of nitrogens with one attached hydrogen (secondary N) is 2. The average Bonchev–Trinajstić information content (AvgIpc) is 3.21. The molecule has 1 aliphatic carbocycles. The third-order valence-electron chi connectivity index (χ3n) is 4.87. The van der Waals surface area contributed by atoms with Crippen molar-refractivity contribution in [3.63, 3.8) is 0 Å². The normalized spacial score (nSPS) is 21.0. The summed E-state index contributed by atoms with van der Waals surface area (Å²) in [6.07, 6.45) is 2.20. The van der Waals surface area contributed by atoms with Crippen molar-refractivity contribution in [3.05, 3.63) is 35.4 Å². The number of imide groups is 1. The number of aromatic nitrogens is 2. The van der Waals surface area contributed by atoms with Crippen LogP contribution in [-0.2, 0) is 21.5 Å². The number of aryl methyl sites for hydroxylation is 1. The van der Waals surface area contributed by atoms with Crippen molar-refractivity contribution in [1.82, 2.24) is 20.4 Å². The zero-order valence-corrected chi connectivity index (χ0v) is 16.9. The maximum absolute atomic E-state index is 13.2. The summed E-state index contributed by atoms with van der Waals surface area (Å²) < 4.78 is 0.755. The van der Waals surface area contributed by atoms with E-state index in [2.05, 4.69) is 20.8 Å². The fourth-order valence-electron chi connectivity index (χ4n) is 3.70. The van der Waals surface area contributed by atoms with Crippen molar-refractivity contribution in [2.75, 3.05) is 17.6 Å². The molecule has 4 rings (SSSR count). The number of nitrogens with zero attached hydrogens (tertiary/aromatic N) is 3. The van der Waals surface area contributed by atoms with Crippen LogP contribution in [0.4, 0.5) is 9.93 Å². The lowest BCUT2D eigenvalue weighted by Crippen LogP contribution is -2.47. The molecule has 28 heavy (non-hydrogen) atoms. The number of benzene rings is 1. The Labute approximate surface area is 170 Å². The predicted octanol–water partition coefficient (Wildman–Crippen LogP) is 2.37. The minimum atomic E-state index is -1.07. The van der Waals surface area contributed by atoms with E-state index in [4.69, 9.17) is 0 Å². The van der Waals surface area contributed by atoms with Crippen molar-refractivity contribution < 1.29 is 14.4 Å². The first kappa shape index (κ1) is 18.9. The monoisotopic (exact) mass is 417 g/mol. The molecule has 1 spiro atoms. The molecule has 2 N–H and O–H groups in total. The SMILES string of the molecule is CCSc1nnc(NC(=O)CN2C(=O)N[C@]3(CCCc4ccccc43)C2=O)s1. The lowest BCUT2D eigenvalue weighted by atomic mass is 9.76. The summed E-state index contributed by atoms with van der Waals surface area (Å²) in [5.41, 5.74) is 0.816. The van der Waals surface area contributed by atoms with Crippen molar-refractivity contribution in [3.8, 4) is 0 Å². The quantitative estimate of drug-likeness (QED) is 0.440. The standard InChI is InChI=1S/C18H19N5O3S2/c1-2-27-17-22-21-15(28-17)19-13(24)10-23-14(25)18(20-16(23)26)9-5-7-11-6-3-4-8-12(11)18/h3-4,6,8H,2,5,7,9-10H2,1H3,(H,20,26)(H,19,21,24)/t18-/m0/s1. The van der Waals surface area contributed by atoms with Gasteiger partial charge in [-0.15, -0.1) is 10.2 Å².